The minimum absolute atomic E-state index is 0. The molecule has 140 valence electrons. The van der Waals surface area contributed by atoms with Gasteiger partial charge < -0.3 is 20.3 Å². The molecule has 1 saturated heterocycles. The van der Waals surface area contributed by atoms with Crippen molar-refractivity contribution in [1.82, 2.24) is 15.5 Å². The van der Waals surface area contributed by atoms with Crippen molar-refractivity contribution in [3.8, 4) is 0 Å². The Morgan fingerprint density at radius 2 is 1.92 bits per heavy atom. The second kappa shape index (κ2) is 8.66. The van der Waals surface area contributed by atoms with Crippen molar-refractivity contribution in [3.63, 3.8) is 0 Å². The summed E-state index contributed by atoms with van der Waals surface area (Å²) in [6.45, 7) is 0.589. The molecule has 8 heteroatoms. The molecule has 1 aromatic heterocycles. The summed E-state index contributed by atoms with van der Waals surface area (Å²) >= 11 is 0. The van der Waals surface area contributed by atoms with Crippen molar-refractivity contribution < 1.29 is 9.26 Å². The molecule has 0 aromatic carbocycles. The van der Waals surface area contributed by atoms with Gasteiger partial charge in [0.15, 0.2) is 11.8 Å². The maximum absolute atomic E-state index is 6.01. The minimum Gasteiger partial charge on any atom is -0.370 e. The Labute approximate surface area is 165 Å². The van der Waals surface area contributed by atoms with Crippen molar-refractivity contribution in [1.29, 1.82) is 0 Å². The van der Waals surface area contributed by atoms with E-state index in [4.69, 9.17) is 15.0 Å². The minimum atomic E-state index is -0.0854. The Bertz CT molecular complexity index is 583. The lowest BCUT2D eigenvalue weighted by atomic mass is 9.96. The van der Waals surface area contributed by atoms with Crippen molar-refractivity contribution in [3.05, 3.63) is 11.7 Å². The Balaban J connectivity index is 0.00000182. The van der Waals surface area contributed by atoms with Crippen LogP contribution < -0.4 is 11.1 Å². The van der Waals surface area contributed by atoms with Crippen LogP contribution in [0.4, 0.5) is 0 Å². The number of hydrogen-bond acceptors (Lipinski definition) is 5. The molecule has 0 unspecified atom stereocenters. The fraction of sp³-hybridized carbons (Fsp3) is 0.824. The first-order valence-corrected chi connectivity index (χ1v) is 9.33. The SMILES string of the molecule is I.NC(=NC[C@H]1CC[C@@H](c2nc(C3CC3)no2)O1)NC1CCCCC1. The molecule has 25 heavy (non-hydrogen) atoms. The number of ether oxygens (including phenoxy) is 1. The predicted molar refractivity (Wildman–Crippen MR) is 105 cm³/mol. The van der Waals surface area contributed by atoms with Gasteiger partial charge in [0.2, 0.25) is 0 Å². The van der Waals surface area contributed by atoms with Gasteiger partial charge in [-0.25, -0.2) is 0 Å². The molecule has 0 amide bonds. The van der Waals surface area contributed by atoms with Gasteiger partial charge in [-0.15, -0.1) is 24.0 Å². The zero-order valence-corrected chi connectivity index (χ0v) is 16.9. The summed E-state index contributed by atoms with van der Waals surface area (Å²) in [5.74, 6) is 2.52. The van der Waals surface area contributed by atoms with Crippen molar-refractivity contribution in [2.24, 2.45) is 10.7 Å². The monoisotopic (exact) mass is 461 g/mol. The molecule has 4 rings (SSSR count). The van der Waals surface area contributed by atoms with Crippen molar-refractivity contribution >= 4 is 29.9 Å². The molecule has 1 aliphatic heterocycles. The van der Waals surface area contributed by atoms with E-state index in [0.717, 1.165) is 18.7 Å². The maximum atomic E-state index is 6.01. The summed E-state index contributed by atoms with van der Waals surface area (Å²) < 4.78 is 11.4. The van der Waals surface area contributed by atoms with Crippen LogP contribution in [0, 0.1) is 0 Å². The molecule has 3 N–H and O–H groups in total. The van der Waals surface area contributed by atoms with E-state index in [2.05, 4.69) is 20.4 Å². The van der Waals surface area contributed by atoms with Crippen molar-refractivity contribution in [2.45, 2.75) is 82.0 Å². The van der Waals surface area contributed by atoms with E-state index < -0.39 is 0 Å². The standard InChI is InChI=1S/C17H27N5O2.HI/c18-17(20-12-4-2-1-3-5-12)19-10-13-8-9-14(23-13)16-21-15(22-24-16)11-6-7-11;/h11-14H,1-10H2,(H3,18,19,20);1H/t13-,14+;/m1./s1. The molecule has 0 radical (unpaired) electrons. The lowest BCUT2D eigenvalue weighted by Gasteiger charge is -2.23. The molecule has 1 aromatic rings. The molecular weight excluding hydrogens is 433 g/mol. The highest BCUT2D eigenvalue weighted by molar-refractivity contribution is 14.0. The molecule has 0 spiro atoms. The van der Waals surface area contributed by atoms with E-state index in [1.54, 1.807) is 0 Å². The zero-order chi connectivity index (χ0) is 16.4. The highest BCUT2D eigenvalue weighted by Crippen LogP contribution is 2.39. The highest BCUT2D eigenvalue weighted by atomic mass is 127. The number of aliphatic imine (C=N–C) groups is 1. The summed E-state index contributed by atoms with van der Waals surface area (Å²) in [5, 5.41) is 7.40. The predicted octanol–water partition coefficient (Wildman–Crippen LogP) is 3.02. The fourth-order valence-electron chi connectivity index (χ4n) is 3.61. The lowest BCUT2D eigenvalue weighted by molar-refractivity contribution is 0.0309. The van der Waals surface area contributed by atoms with Crippen LogP contribution in [0.25, 0.3) is 0 Å². The Morgan fingerprint density at radius 1 is 1.12 bits per heavy atom. The fourth-order valence-corrected chi connectivity index (χ4v) is 3.61. The molecule has 3 fully saturated rings. The van der Waals surface area contributed by atoms with Crippen LogP contribution in [0.3, 0.4) is 0 Å². The van der Waals surface area contributed by atoms with E-state index >= 15 is 0 Å². The van der Waals surface area contributed by atoms with Gasteiger partial charge in [-0.05, 0) is 38.5 Å². The number of rotatable bonds is 5. The largest absolute Gasteiger partial charge is 0.370 e. The van der Waals surface area contributed by atoms with Crippen LogP contribution in [0.15, 0.2) is 9.52 Å². The van der Waals surface area contributed by atoms with Gasteiger partial charge in [-0.2, -0.15) is 4.98 Å². The van der Waals surface area contributed by atoms with Gasteiger partial charge in [0.05, 0.1) is 12.6 Å². The summed E-state index contributed by atoms with van der Waals surface area (Å²) in [6, 6.07) is 0.485. The number of nitrogens with one attached hydrogen (secondary N) is 1. The zero-order valence-electron chi connectivity index (χ0n) is 14.5. The third kappa shape index (κ3) is 5.06. The molecule has 2 aliphatic carbocycles. The quantitative estimate of drug-likeness (QED) is 0.398. The first-order chi connectivity index (χ1) is 11.8. The first-order valence-electron chi connectivity index (χ1n) is 9.33. The summed E-state index contributed by atoms with van der Waals surface area (Å²) in [7, 11) is 0. The number of halogens is 1. The molecule has 2 heterocycles. The Kier molecular flexibility index (Phi) is 6.54. The van der Waals surface area contributed by atoms with E-state index in [-0.39, 0.29) is 36.2 Å². The molecule has 0 bridgehead atoms. The molecule has 2 atom stereocenters. The summed E-state index contributed by atoms with van der Waals surface area (Å²) in [5.41, 5.74) is 6.01. The molecule has 2 saturated carbocycles. The average molecular weight is 461 g/mol. The second-order valence-corrected chi connectivity index (χ2v) is 7.29. The maximum Gasteiger partial charge on any atom is 0.255 e. The number of nitrogens with zero attached hydrogens (tertiary/aromatic N) is 3. The van der Waals surface area contributed by atoms with E-state index in [0.29, 0.717) is 30.4 Å². The van der Waals surface area contributed by atoms with E-state index in [1.165, 1.54) is 44.9 Å². The summed E-state index contributed by atoms with van der Waals surface area (Å²) in [4.78, 5) is 8.95. The van der Waals surface area contributed by atoms with Gasteiger partial charge in [-0.3, -0.25) is 4.99 Å². The number of aromatic nitrogens is 2. The van der Waals surface area contributed by atoms with E-state index in [1.807, 2.05) is 0 Å². The number of hydrogen-bond donors (Lipinski definition) is 2. The van der Waals surface area contributed by atoms with Crippen LogP contribution in [0.5, 0.6) is 0 Å². The van der Waals surface area contributed by atoms with Crippen molar-refractivity contribution in [2.75, 3.05) is 6.54 Å². The number of nitrogens with two attached hydrogens (primary N) is 1. The molecule has 7 nitrogen and oxygen atoms in total. The van der Waals surface area contributed by atoms with Gasteiger partial charge >= 0.3 is 0 Å². The van der Waals surface area contributed by atoms with Crippen LogP contribution in [0.1, 0.15) is 81.5 Å². The topological polar surface area (TPSA) is 98.6 Å². The Hall–Kier alpha value is -0.900. The van der Waals surface area contributed by atoms with E-state index in [9.17, 15) is 0 Å². The molecular formula is C17H28IN5O2. The van der Waals surface area contributed by atoms with Gasteiger partial charge in [0.1, 0.15) is 6.10 Å². The van der Waals surface area contributed by atoms with Gasteiger partial charge in [0, 0.05) is 12.0 Å². The van der Waals surface area contributed by atoms with Gasteiger partial charge in [0.25, 0.3) is 5.89 Å². The third-order valence-corrected chi connectivity index (χ3v) is 5.21. The molecule has 3 aliphatic rings. The third-order valence-electron chi connectivity index (χ3n) is 5.21. The normalized spacial score (nSPS) is 27.9. The van der Waals surface area contributed by atoms with Crippen LogP contribution in [-0.4, -0.2) is 34.8 Å². The Morgan fingerprint density at radius 3 is 2.68 bits per heavy atom. The smallest absolute Gasteiger partial charge is 0.255 e. The van der Waals surface area contributed by atoms with Gasteiger partial charge in [-0.1, -0.05) is 24.4 Å². The number of guanidine groups is 1. The summed E-state index contributed by atoms with van der Waals surface area (Å²) in [6.07, 6.45) is 10.5. The lowest BCUT2D eigenvalue weighted by Crippen LogP contribution is -2.41. The first kappa shape index (κ1) is 18.9. The van der Waals surface area contributed by atoms with Crippen LogP contribution >= 0.6 is 24.0 Å². The van der Waals surface area contributed by atoms with Crippen LogP contribution in [-0.2, 0) is 4.74 Å². The highest BCUT2D eigenvalue weighted by Gasteiger charge is 2.34. The average Bonchev–Trinajstić information content (AvgIpc) is 3.14. The second-order valence-electron chi connectivity index (χ2n) is 7.29. The van der Waals surface area contributed by atoms with Crippen LogP contribution in [0.2, 0.25) is 0 Å².